The smallest absolute Gasteiger partial charge is 0.264 e. The van der Waals surface area contributed by atoms with Crippen molar-refractivity contribution in [3.8, 4) is 0 Å². The normalized spacial score (nSPS) is 14.5. The van der Waals surface area contributed by atoms with Gasteiger partial charge in [-0.3, -0.25) is 9.10 Å². The lowest BCUT2D eigenvalue weighted by atomic mass is 10.2. The average Bonchev–Trinajstić information content (AvgIpc) is 3.45. The molecule has 32 heavy (non-hydrogen) atoms. The quantitative estimate of drug-likeness (QED) is 0.550. The number of hydrogen-bond acceptors (Lipinski definition) is 4. The third kappa shape index (κ3) is 4.35. The van der Waals surface area contributed by atoms with Crippen molar-refractivity contribution in [2.24, 2.45) is 0 Å². The Morgan fingerprint density at radius 2 is 1.84 bits per heavy atom. The number of amides is 1. The topological polar surface area (TPSA) is 84.3 Å². The molecule has 1 aromatic heterocycles. The molecule has 10 heteroatoms. The lowest BCUT2D eigenvalue weighted by Gasteiger charge is -2.20. The van der Waals surface area contributed by atoms with Crippen molar-refractivity contribution in [1.29, 1.82) is 0 Å². The second kappa shape index (κ2) is 8.91. The number of aromatic nitrogens is 2. The molecule has 0 unspecified atom stereocenters. The Morgan fingerprint density at radius 3 is 2.53 bits per heavy atom. The van der Waals surface area contributed by atoms with Crippen LogP contribution in [0.25, 0.3) is 0 Å². The summed E-state index contributed by atoms with van der Waals surface area (Å²) in [5.74, 6) is -0.465. The standard InChI is InChI=1S/C22H22ClFN4O3S/c1-27(16-8-6-15(24)7-9-16)32(30,31)18-10-11-20(23)19(14-18)22(29)26-21-12-13-25-28(21)17-4-2-3-5-17/h6-14,17H,2-5H2,1H3,(H,26,29). The Hall–Kier alpha value is -2.91. The fourth-order valence-electron chi connectivity index (χ4n) is 3.82. The monoisotopic (exact) mass is 476 g/mol. The van der Waals surface area contributed by atoms with E-state index in [4.69, 9.17) is 11.6 Å². The third-order valence-corrected chi connectivity index (χ3v) is 7.72. The molecular formula is C22H22ClFN4O3S. The van der Waals surface area contributed by atoms with Gasteiger partial charge < -0.3 is 5.32 Å². The number of nitrogens with zero attached hydrogens (tertiary/aromatic N) is 3. The molecule has 0 bridgehead atoms. The number of anilines is 2. The molecule has 1 saturated carbocycles. The maximum Gasteiger partial charge on any atom is 0.264 e. The lowest BCUT2D eigenvalue weighted by Crippen LogP contribution is -2.27. The Balaban J connectivity index is 1.60. The van der Waals surface area contributed by atoms with Crippen molar-refractivity contribution in [2.45, 2.75) is 36.6 Å². The van der Waals surface area contributed by atoms with Crippen LogP contribution in [0.2, 0.25) is 5.02 Å². The molecule has 2 aromatic carbocycles. The van der Waals surface area contributed by atoms with Gasteiger partial charge in [0.15, 0.2) is 0 Å². The van der Waals surface area contributed by atoms with Crippen LogP contribution in [0.15, 0.2) is 59.6 Å². The van der Waals surface area contributed by atoms with Gasteiger partial charge in [-0.15, -0.1) is 0 Å². The number of nitrogens with one attached hydrogen (secondary N) is 1. The Kier molecular flexibility index (Phi) is 6.21. The first-order valence-corrected chi connectivity index (χ1v) is 12.0. The van der Waals surface area contributed by atoms with Gasteiger partial charge in [0.25, 0.3) is 15.9 Å². The average molecular weight is 477 g/mol. The zero-order valence-electron chi connectivity index (χ0n) is 17.3. The predicted molar refractivity (Wildman–Crippen MR) is 121 cm³/mol. The van der Waals surface area contributed by atoms with Gasteiger partial charge in [0, 0.05) is 13.1 Å². The molecule has 0 saturated heterocycles. The van der Waals surface area contributed by atoms with Crippen LogP contribution in [0, 0.1) is 5.82 Å². The largest absolute Gasteiger partial charge is 0.307 e. The molecule has 4 rings (SSSR count). The Bertz CT molecular complexity index is 1240. The zero-order valence-corrected chi connectivity index (χ0v) is 18.9. The minimum absolute atomic E-state index is 0.0272. The third-order valence-electron chi connectivity index (χ3n) is 5.61. The van der Waals surface area contributed by atoms with Crippen LogP contribution >= 0.6 is 11.6 Å². The molecule has 0 spiro atoms. The first-order chi connectivity index (χ1) is 15.3. The molecule has 1 amide bonds. The molecule has 1 aliphatic rings. The van der Waals surface area contributed by atoms with E-state index in [2.05, 4.69) is 10.4 Å². The summed E-state index contributed by atoms with van der Waals surface area (Å²) in [5, 5.41) is 7.25. The van der Waals surface area contributed by atoms with Crippen LogP contribution in [0.4, 0.5) is 15.9 Å². The highest BCUT2D eigenvalue weighted by Crippen LogP contribution is 2.32. The second-order valence-electron chi connectivity index (χ2n) is 7.64. The molecule has 1 aliphatic carbocycles. The van der Waals surface area contributed by atoms with E-state index in [9.17, 15) is 17.6 Å². The molecular weight excluding hydrogens is 455 g/mol. The summed E-state index contributed by atoms with van der Waals surface area (Å²) in [4.78, 5) is 12.9. The van der Waals surface area contributed by atoms with Crippen LogP contribution in [0.3, 0.4) is 0 Å². The molecule has 1 heterocycles. The van der Waals surface area contributed by atoms with Crippen molar-refractivity contribution in [1.82, 2.24) is 9.78 Å². The van der Waals surface area contributed by atoms with Crippen molar-refractivity contribution in [3.05, 3.63) is 71.1 Å². The molecule has 0 atom stereocenters. The number of rotatable bonds is 6. The maximum atomic E-state index is 13.2. The minimum Gasteiger partial charge on any atom is -0.307 e. The fourth-order valence-corrected chi connectivity index (χ4v) is 5.25. The highest BCUT2D eigenvalue weighted by atomic mass is 35.5. The highest BCUT2D eigenvalue weighted by Gasteiger charge is 2.25. The summed E-state index contributed by atoms with van der Waals surface area (Å²) in [6.07, 6.45) is 5.84. The molecule has 7 nitrogen and oxygen atoms in total. The predicted octanol–water partition coefficient (Wildman–Crippen LogP) is 4.87. The molecule has 168 valence electrons. The number of benzene rings is 2. The van der Waals surface area contributed by atoms with E-state index in [0.717, 1.165) is 30.0 Å². The van der Waals surface area contributed by atoms with Gasteiger partial charge in [-0.05, 0) is 55.3 Å². The summed E-state index contributed by atoms with van der Waals surface area (Å²) in [7, 11) is -2.65. The fraction of sp³-hybridized carbons (Fsp3) is 0.273. The number of carbonyl (C=O) groups excluding carboxylic acids is 1. The first-order valence-electron chi connectivity index (χ1n) is 10.2. The molecule has 0 radical (unpaired) electrons. The van der Waals surface area contributed by atoms with Gasteiger partial charge in [-0.2, -0.15) is 5.10 Å². The number of sulfonamides is 1. The van der Waals surface area contributed by atoms with Crippen molar-refractivity contribution in [3.63, 3.8) is 0 Å². The first kappa shape index (κ1) is 22.3. The summed E-state index contributed by atoms with van der Waals surface area (Å²) >= 11 is 6.23. The SMILES string of the molecule is CN(c1ccc(F)cc1)S(=O)(=O)c1ccc(Cl)c(C(=O)Nc2ccnn2C2CCCC2)c1. The van der Waals surface area contributed by atoms with Crippen LogP contribution < -0.4 is 9.62 Å². The van der Waals surface area contributed by atoms with E-state index >= 15 is 0 Å². The van der Waals surface area contributed by atoms with Gasteiger partial charge in [0.2, 0.25) is 0 Å². The Labute approximate surface area is 190 Å². The minimum atomic E-state index is -4.01. The van der Waals surface area contributed by atoms with E-state index in [-0.39, 0.29) is 27.2 Å². The van der Waals surface area contributed by atoms with Crippen LogP contribution in [-0.4, -0.2) is 31.2 Å². The van der Waals surface area contributed by atoms with E-state index in [1.165, 1.54) is 49.5 Å². The zero-order chi connectivity index (χ0) is 22.9. The number of halogens is 2. The lowest BCUT2D eigenvalue weighted by molar-refractivity contribution is 0.102. The van der Waals surface area contributed by atoms with Gasteiger partial charge in [-0.1, -0.05) is 24.4 Å². The maximum absolute atomic E-state index is 13.2. The number of carbonyl (C=O) groups is 1. The molecule has 1 fully saturated rings. The van der Waals surface area contributed by atoms with Gasteiger partial charge in [-0.25, -0.2) is 17.5 Å². The molecule has 1 N–H and O–H groups in total. The van der Waals surface area contributed by atoms with Crippen molar-refractivity contribution in [2.75, 3.05) is 16.7 Å². The summed E-state index contributed by atoms with van der Waals surface area (Å²) in [6.45, 7) is 0. The summed E-state index contributed by atoms with van der Waals surface area (Å²) in [5.41, 5.74) is 0.312. The van der Waals surface area contributed by atoms with Gasteiger partial charge >= 0.3 is 0 Å². The van der Waals surface area contributed by atoms with Gasteiger partial charge in [0.1, 0.15) is 11.6 Å². The van der Waals surface area contributed by atoms with Crippen LogP contribution in [0.1, 0.15) is 42.1 Å². The summed E-state index contributed by atoms with van der Waals surface area (Å²) in [6, 6.07) is 10.9. The van der Waals surface area contributed by atoms with E-state index in [0.29, 0.717) is 5.82 Å². The molecule has 3 aromatic rings. The van der Waals surface area contributed by atoms with Gasteiger partial charge in [0.05, 0.1) is 33.4 Å². The molecule has 0 aliphatic heterocycles. The van der Waals surface area contributed by atoms with Crippen LogP contribution in [0.5, 0.6) is 0 Å². The van der Waals surface area contributed by atoms with E-state index < -0.39 is 21.7 Å². The highest BCUT2D eigenvalue weighted by molar-refractivity contribution is 7.92. The van der Waals surface area contributed by atoms with E-state index in [1.54, 1.807) is 16.9 Å². The van der Waals surface area contributed by atoms with E-state index in [1.807, 2.05) is 0 Å². The Morgan fingerprint density at radius 1 is 1.16 bits per heavy atom. The second-order valence-corrected chi connectivity index (χ2v) is 10.0. The van der Waals surface area contributed by atoms with Crippen molar-refractivity contribution >= 4 is 39.0 Å². The number of hydrogen-bond donors (Lipinski definition) is 1. The van der Waals surface area contributed by atoms with Crippen LogP contribution in [-0.2, 0) is 10.0 Å². The van der Waals surface area contributed by atoms with Crippen molar-refractivity contribution < 1.29 is 17.6 Å². The summed E-state index contributed by atoms with van der Waals surface area (Å²) < 4.78 is 42.2.